The Bertz CT molecular complexity index is 721. The second kappa shape index (κ2) is 7.59. The third-order valence-electron chi connectivity index (χ3n) is 3.57. The Morgan fingerprint density at radius 1 is 1.38 bits per heavy atom. The Kier molecular flexibility index (Phi) is 5.96. The highest BCUT2D eigenvalue weighted by atomic mass is 32.1. The Hall–Kier alpha value is -1.50. The van der Waals surface area contributed by atoms with Gasteiger partial charge < -0.3 is 14.7 Å². The molecule has 1 aromatic carbocycles. The maximum absolute atomic E-state index is 14.3. The van der Waals surface area contributed by atoms with Gasteiger partial charge in [0.1, 0.15) is 5.82 Å². The summed E-state index contributed by atoms with van der Waals surface area (Å²) in [5.41, 5.74) is 0.478. The Morgan fingerprint density at radius 2 is 2.08 bits per heavy atom. The predicted molar refractivity (Wildman–Crippen MR) is 94.9 cm³/mol. The van der Waals surface area contributed by atoms with E-state index in [-0.39, 0.29) is 36.9 Å². The highest BCUT2D eigenvalue weighted by Gasteiger charge is 2.27. The van der Waals surface area contributed by atoms with Crippen LogP contribution in [0.4, 0.5) is 4.39 Å². The molecule has 0 bridgehead atoms. The number of carbonyl (C=O) groups is 1. The van der Waals surface area contributed by atoms with Crippen molar-refractivity contribution in [1.82, 2.24) is 4.90 Å². The van der Waals surface area contributed by atoms with Gasteiger partial charge in [0.2, 0.25) is 0 Å². The fourth-order valence-electron chi connectivity index (χ4n) is 2.71. The number of amides is 1. The number of carbonyl (C=O) groups excluding carboxylic acids is 1. The first kappa shape index (κ1) is 18.8. The van der Waals surface area contributed by atoms with Crippen molar-refractivity contribution in [2.45, 2.75) is 27.4 Å². The van der Waals surface area contributed by atoms with Crippen LogP contribution in [0.5, 0.6) is 0 Å². The molecule has 2 aromatic rings. The summed E-state index contributed by atoms with van der Waals surface area (Å²) >= 11 is 1.27. The molecule has 0 aliphatic carbocycles. The summed E-state index contributed by atoms with van der Waals surface area (Å²) in [5, 5.41) is 9.76. The molecule has 1 N–H and O–H groups in total. The SMILES string of the molecule is COCc1c(C(=O)N(CCO)CC(C)(C)C)sc2cccc(F)c12. The fourth-order valence-corrected chi connectivity index (χ4v) is 3.90. The average molecular weight is 353 g/mol. The Balaban J connectivity index is 2.50. The first-order valence-electron chi connectivity index (χ1n) is 7.87. The number of hydrogen-bond donors (Lipinski definition) is 1. The smallest absolute Gasteiger partial charge is 0.264 e. The van der Waals surface area contributed by atoms with Crippen molar-refractivity contribution in [3.63, 3.8) is 0 Å². The lowest BCUT2D eigenvalue weighted by Crippen LogP contribution is -2.39. The van der Waals surface area contributed by atoms with Gasteiger partial charge in [-0.2, -0.15) is 0 Å². The van der Waals surface area contributed by atoms with Crippen molar-refractivity contribution in [2.75, 3.05) is 26.8 Å². The molecule has 0 fully saturated rings. The molecule has 132 valence electrons. The van der Waals surface area contributed by atoms with E-state index in [2.05, 4.69) is 0 Å². The van der Waals surface area contributed by atoms with Gasteiger partial charge in [-0.3, -0.25) is 4.79 Å². The number of benzene rings is 1. The highest BCUT2D eigenvalue weighted by Crippen LogP contribution is 2.35. The number of aliphatic hydroxyl groups is 1. The number of halogens is 1. The van der Waals surface area contributed by atoms with Crippen molar-refractivity contribution in [3.8, 4) is 0 Å². The van der Waals surface area contributed by atoms with Crippen LogP contribution in [-0.2, 0) is 11.3 Å². The van der Waals surface area contributed by atoms with Gasteiger partial charge in [-0.25, -0.2) is 4.39 Å². The summed E-state index contributed by atoms with van der Waals surface area (Å²) in [5.74, 6) is -0.536. The van der Waals surface area contributed by atoms with Crippen molar-refractivity contribution in [1.29, 1.82) is 0 Å². The number of thiophene rings is 1. The van der Waals surface area contributed by atoms with Crippen LogP contribution < -0.4 is 0 Å². The molecule has 1 aromatic heterocycles. The zero-order chi connectivity index (χ0) is 17.9. The molecule has 0 saturated carbocycles. The minimum Gasteiger partial charge on any atom is -0.395 e. The topological polar surface area (TPSA) is 49.8 Å². The predicted octanol–water partition coefficient (Wildman–Crippen LogP) is 3.67. The lowest BCUT2D eigenvalue weighted by molar-refractivity contribution is 0.0656. The molecule has 1 amide bonds. The lowest BCUT2D eigenvalue weighted by atomic mass is 9.96. The van der Waals surface area contributed by atoms with Crippen LogP contribution in [0.2, 0.25) is 0 Å². The highest BCUT2D eigenvalue weighted by molar-refractivity contribution is 7.21. The summed E-state index contributed by atoms with van der Waals surface area (Å²) in [6.07, 6.45) is 0. The van der Waals surface area contributed by atoms with Crippen LogP contribution >= 0.6 is 11.3 Å². The monoisotopic (exact) mass is 353 g/mol. The second-order valence-corrected chi connectivity index (χ2v) is 8.02. The van der Waals surface area contributed by atoms with Crippen LogP contribution in [0, 0.1) is 11.2 Å². The average Bonchev–Trinajstić information content (AvgIpc) is 2.85. The van der Waals surface area contributed by atoms with Gasteiger partial charge in [0.05, 0.1) is 18.1 Å². The number of fused-ring (bicyclic) bond motifs is 1. The van der Waals surface area contributed by atoms with E-state index in [1.807, 2.05) is 20.8 Å². The maximum Gasteiger partial charge on any atom is 0.264 e. The minimum atomic E-state index is -0.348. The molecule has 0 saturated heterocycles. The number of rotatable bonds is 6. The number of ether oxygens (including phenoxy) is 1. The molecule has 2 rings (SSSR count). The van der Waals surface area contributed by atoms with E-state index < -0.39 is 0 Å². The fraction of sp³-hybridized carbons (Fsp3) is 0.500. The van der Waals surface area contributed by atoms with Crippen LogP contribution in [0.25, 0.3) is 10.1 Å². The van der Waals surface area contributed by atoms with E-state index in [4.69, 9.17) is 4.74 Å². The minimum absolute atomic E-state index is 0.103. The van der Waals surface area contributed by atoms with Crippen LogP contribution in [0.15, 0.2) is 18.2 Å². The molecule has 0 radical (unpaired) electrons. The third-order valence-corrected chi connectivity index (χ3v) is 4.75. The summed E-state index contributed by atoms with van der Waals surface area (Å²) in [4.78, 5) is 15.1. The number of hydrogen-bond acceptors (Lipinski definition) is 4. The van der Waals surface area contributed by atoms with E-state index in [1.165, 1.54) is 24.5 Å². The Morgan fingerprint density at radius 3 is 2.67 bits per heavy atom. The Labute approximate surface area is 145 Å². The standard InChI is InChI=1S/C18H24FNO3S/c1-18(2,3)11-20(8-9-21)17(22)16-12(10-23-4)15-13(19)6-5-7-14(15)24-16/h5-7,21H,8-11H2,1-4H3. The van der Waals surface area contributed by atoms with Crippen LogP contribution in [0.1, 0.15) is 36.0 Å². The van der Waals surface area contributed by atoms with E-state index in [0.29, 0.717) is 22.4 Å². The van der Waals surface area contributed by atoms with Gasteiger partial charge in [-0.15, -0.1) is 11.3 Å². The molecular formula is C18H24FNO3S. The lowest BCUT2D eigenvalue weighted by Gasteiger charge is -2.29. The molecule has 0 atom stereocenters. The quantitative estimate of drug-likeness (QED) is 0.862. The van der Waals surface area contributed by atoms with Crippen molar-refractivity contribution >= 4 is 27.3 Å². The zero-order valence-electron chi connectivity index (χ0n) is 14.6. The van der Waals surface area contributed by atoms with Crippen molar-refractivity contribution in [3.05, 3.63) is 34.5 Å². The van der Waals surface area contributed by atoms with E-state index in [1.54, 1.807) is 17.0 Å². The molecule has 6 heteroatoms. The van der Waals surface area contributed by atoms with Crippen LogP contribution in [-0.4, -0.2) is 42.7 Å². The molecule has 0 spiro atoms. The molecule has 24 heavy (non-hydrogen) atoms. The summed E-state index contributed by atoms with van der Waals surface area (Å²) in [6, 6.07) is 4.84. The number of aliphatic hydroxyl groups excluding tert-OH is 1. The van der Waals surface area contributed by atoms with Gasteiger partial charge in [0, 0.05) is 35.8 Å². The third kappa shape index (κ3) is 4.12. The first-order chi connectivity index (χ1) is 11.3. The van der Waals surface area contributed by atoms with Gasteiger partial charge in [0.25, 0.3) is 5.91 Å². The van der Waals surface area contributed by atoms with E-state index >= 15 is 0 Å². The van der Waals surface area contributed by atoms with Gasteiger partial charge in [-0.05, 0) is 17.5 Å². The van der Waals surface area contributed by atoms with Crippen molar-refractivity contribution in [2.24, 2.45) is 5.41 Å². The number of nitrogens with zero attached hydrogens (tertiary/aromatic N) is 1. The molecule has 0 unspecified atom stereocenters. The molecule has 4 nitrogen and oxygen atoms in total. The summed E-state index contributed by atoms with van der Waals surface area (Å²) in [7, 11) is 1.53. The normalized spacial score (nSPS) is 11.9. The van der Waals surface area contributed by atoms with Gasteiger partial charge >= 0.3 is 0 Å². The molecular weight excluding hydrogens is 329 g/mol. The second-order valence-electron chi connectivity index (χ2n) is 6.97. The van der Waals surface area contributed by atoms with E-state index in [9.17, 15) is 14.3 Å². The van der Waals surface area contributed by atoms with E-state index in [0.717, 1.165) is 4.70 Å². The summed E-state index contributed by atoms with van der Waals surface area (Å²) < 4.78 is 20.2. The molecule has 0 aliphatic rings. The largest absolute Gasteiger partial charge is 0.395 e. The van der Waals surface area contributed by atoms with Gasteiger partial charge in [-0.1, -0.05) is 26.8 Å². The van der Waals surface area contributed by atoms with Crippen LogP contribution in [0.3, 0.4) is 0 Å². The van der Waals surface area contributed by atoms with Gasteiger partial charge in [0.15, 0.2) is 0 Å². The first-order valence-corrected chi connectivity index (χ1v) is 8.69. The number of methoxy groups -OCH3 is 1. The zero-order valence-corrected chi connectivity index (χ0v) is 15.4. The van der Waals surface area contributed by atoms with Crippen molar-refractivity contribution < 1.29 is 19.0 Å². The maximum atomic E-state index is 14.3. The molecule has 0 aliphatic heterocycles. The summed E-state index contributed by atoms with van der Waals surface area (Å²) in [6.45, 7) is 6.92. The molecule has 1 heterocycles.